The van der Waals surface area contributed by atoms with Crippen LogP contribution in [0.1, 0.15) is 20.7 Å². The molecule has 20 heavy (non-hydrogen) atoms. The van der Waals surface area contributed by atoms with E-state index in [9.17, 15) is 27.6 Å². The quantitative estimate of drug-likeness (QED) is 0.802. The third-order valence-corrected chi connectivity index (χ3v) is 2.65. The van der Waals surface area contributed by atoms with Crippen molar-refractivity contribution in [3.63, 3.8) is 0 Å². The Morgan fingerprint density at radius 2 is 1.55 bits per heavy atom. The summed E-state index contributed by atoms with van der Waals surface area (Å²) in [7, 11) is 0. The van der Waals surface area contributed by atoms with E-state index < -0.39 is 35.0 Å². The fourth-order valence-electron chi connectivity index (χ4n) is 1.70. The van der Waals surface area contributed by atoms with Gasteiger partial charge in [0, 0.05) is 11.1 Å². The number of fused-ring (bicyclic) bond motifs is 1. The van der Waals surface area contributed by atoms with Crippen molar-refractivity contribution in [3.8, 4) is 0 Å². The zero-order chi connectivity index (χ0) is 15.1. The molecule has 5 nitrogen and oxygen atoms in total. The second-order valence-corrected chi connectivity index (χ2v) is 3.94. The molecule has 3 N–H and O–H groups in total. The van der Waals surface area contributed by atoms with Crippen molar-refractivity contribution in [2.24, 2.45) is 5.73 Å². The van der Waals surface area contributed by atoms with Crippen molar-refractivity contribution < 1.29 is 27.6 Å². The predicted molar refractivity (Wildman–Crippen MR) is 60.5 cm³/mol. The van der Waals surface area contributed by atoms with Gasteiger partial charge >= 0.3 is 12.1 Å². The molecule has 0 saturated heterocycles. The van der Waals surface area contributed by atoms with Crippen LogP contribution in [0, 0.1) is 0 Å². The molecule has 0 bridgehead atoms. The number of benzene rings is 1. The summed E-state index contributed by atoms with van der Waals surface area (Å²) in [6.07, 6.45) is -5.19. The maximum atomic E-state index is 12.2. The number of ketones is 2. The Bertz CT molecular complexity index is 662. The van der Waals surface area contributed by atoms with E-state index in [2.05, 4.69) is 0 Å². The Kier molecular flexibility index (Phi) is 3.09. The van der Waals surface area contributed by atoms with Crippen LogP contribution < -0.4 is 11.1 Å². The molecular weight excluding hydrogens is 277 g/mol. The van der Waals surface area contributed by atoms with Crippen LogP contribution in [0.5, 0.6) is 0 Å². The summed E-state index contributed by atoms with van der Waals surface area (Å²) in [6.45, 7) is 0. The largest absolute Gasteiger partial charge is 0.471 e. The minimum absolute atomic E-state index is 0.0139. The van der Waals surface area contributed by atoms with Crippen molar-refractivity contribution in [1.29, 1.82) is 0 Å². The molecule has 104 valence electrons. The number of carbonyl (C=O) groups is 3. The average Bonchev–Trinajstić information content (AvgIpc) is 2.39. The summed E-state index contributed by atoms with van der Waals surface area (Å²) in [4.78, 5) is 34.7. The van der Waals surface area contributed by atoms with Gasteiger partial charge in [0.15, 0.2) is 0 Å². The lowest BCUT2D eigenvalue weighted by Crippen LogP contribution is -2.42. The molecular formula is C12H7F3N2O3. The second kappa shape index (κ2) is 4.48. The third kappa shape index (κ3) is 2.15. The molecule has 0 radical (unpaired) electrons. The Morgan fingerprint density at radius 3 is 2.05 bits per heavy atom. The minimum Gasteiger partial charge on any atom is -0.394 e. The lowest BCUT2D eigenvalue weighted by Gasteiger charge is -2.19. The third-order valence-electron chi connectivity index (χ3n) is 2.65. The van der Waals surface area contributed by atoms with Gasteiger partial charge in [0.25, 0.3) is 0 Å². The zero-order valence-electron chi connectivity index (χ0n) is 9.75. The number of nitrogens with two attached hydrogens (primary N) is 1. The number of nitrogens with one attached hydrogen (secondary N) is 1. The lowest BCUT2D eigenvalue weighted by molar-refractivity contribution is -0.172. The molecule has 0 aromatic heterocycles. The van der Waals surface area contributed by atoms with Gasteiger partial charge in [0.05, 0.1) is 0 Å². The Hall–Kier alpha value is -2.64. The van der Waals surface area contributed by atoms with Crippen LogP contribution in [0.15, 0.2) is 35.7 Å². The van der Waals surface area contributed by atoms with Gasteiger partial charge < -0.3 is 11.1 Å². The summed E-state index contributed by atoms with van der Waals surface area (Å²) in [5, 5.41) is 1.35. The first kappa shape index (κ1) is 13.8. The molecule has 0 saturated carbocycles. The number of allylic oxidation sites excluding steroid dienone is 2. The normalized spacial score (nSPS) is 15.2. The predicted octanol–water partition coefficient (Wildman–Crippen LogP) is 0.914. The van der Waals surface area contributed by atoms with Crippen molar-refractivity contribution in [1.82, 2.24) is 5.32 Å². The van der Waals surface area contributed by atoms with Gasteiger partial charge in [-0.1, -0.05) is 24.3 Å². The van der Waals surface area contributed by atoms with Crippen LogP contribution in [-0.2, 0) is 4.79 Å². The average molecular weight is 284 g/mol. The molecule has 1 amide bonds. The van der Waals surface area contributed by atoms with Crippen molar-refractivity contribution in [3.05, 3.63) is 46.8 Å². The van der Waals surface area contributed by atoms with Gasteiger partial charge in [-0.2, -0.15) is 13.2 Å². The highest BCUT2D eigenvalue weighted by Crippen LogP contribution is 2.24. The second-order valence-electron chi connectivity index (χ2n) is 3.94. The van der Waals surface area contributed by atoms with Gasteiger partial charge in [-0.05, 0) is 0 Å². The van der Waals surface area contributed by atoms with Crippen LogP contribution in [-0.4, -0.2) is 23.6 Å². The fraction of sp³-hybridized carbons (Fsp3) is 0.0833. The summed E-state index contributed by atoms with van der Waals surface area (Å²) >= 11 is 0. The molecule has 0 unspecified atom stereocenters. The smallest absolute Gasteiger partial charge is 0.394 e. The molecule has 1 aromatic carbocycles. The SMILES string of the molecule is NC1=C(NC(=O)C(F)(F)F)C(=O)c2ccccc2C1=O. The first-order valence-corrected chi connectivity index (χ1v) is 5.30. The van der Waals surface area contributed by atoms with Crippen LogP contribution in [0.4, 0.5) is 13.2 Å². The maximum Gasteiger partial charge on any atom is 0.471 e. The van der Waals surface area contributed by atoms with Gasteiger partial charge in [-0.3, -0.25) is 14.4 Å². The molecule has 0 heterocycles. The number of amides is 1. The molecule has 1 aliphatic rings. The first-order chi connectivity index (χ1) is 9.23. The van der Waals surface area contributed by atoms with Crippen molar-refractivity contribution >= 4 is 17.5 Å². The number of hydrogen-bond acceptors (Lipinski definition) is 4. The van der Waals surface area contributed by atoms with Crippen LogP contribution in [0.25, 0.3) is 0 Å². The molecule has 2 rings (SSSR count). The van der Waals surface area contributed by atoms with Crippen molar-refractivity contribution in [2.75, 3.05) is 0 Å². The molecule has 0 spiro atoms. The summed E-state index contributed by atoms with van der Waals surface area (Å²) in [6, 6.07) is 5.51. The highest BCUT2D eigenvalue weighted by Gasteiger charge is 2.41. The van der Waals surface area contributed by atoms with Crippen LogP contribution in [0.2, 0.25) is 0 Å². The molecule has 0 aliphatic heterocycles. The van der Waals surface area contributed by atoms with Crippen LogP contribution in [0.3, 0.4) is 0 Å². The van der Waals surface area contributed by atoms with E-state index >= 15 is 0 Å². The fourth-order valence-corrected chi connectivity index (χ4v) is 1.70. The number of rotatable bonds is 1. The highest BCUT2D eigenvalue weighted by atomic mass is 19.4. The monoisotopic (exact) mass is 284 g/mol. The number of hydrogen-bond donors (Lipinski definition) is 2. The standard InChI is InChI=1S/C12H7F3N2O3/c13-12(14,15)11(20)17-8-7(16)9(18)5-3-1-2-4-6(5)10(8)19/h1-4H,16H2,(H,17,20). The number of halogens is 3. The van der Waals surface area contributed by atoms with E-state index in [1.165, 1.54) is 29.6 Å². The summed E-state index contributed by atoms with van der Waals surface area (Å²) in [5.41, 5.74) is 3.66. The maximum absolute atomic E-state index is 12.2. The van der Waals surface area contributed by atoms with Gasteiger partial charge in [0.2, 0.25) is 11.6 Å². The van der Waals surface area contributed by atoms with E-state index in [4.69, 9.17) is 5.73 Å². The molecule has 0 fully saturated rings. The van der Waals surface area contributed by atoms with Gasteiger partial charge in [-0.15, -0.1) is 0 Å². The number of alkyl halides is 3. The van der Waals surface area contributed by atoms with Crippen molar-refractivity contribution in [2.45, 2.75) is 6.18 Å². The number of Topliss-reactive ketones (excluding diaryl/α,β-unsaturated/α-hetero) is 2. The molecule has 1 aliphatic carbocycles. The van der Waals surface area contributed by atoms with E-state index in [-0.39, 0.29) is 11.1 Å². The van der Waals surface area contributed by atoms with E-state index in [1.54, 1.807) is 0 Å². The Morgan fingerprint density at radius 1 is 1.05 bits per heavy atom. The zero-order valence-corrected chi connectivity index (χ0v) is 9.75. The summed E-state index contributed by atoms with van der Waals surface area (Å²) in [5.74, 6) is -4.11. The Labute approximate surface area is 110 Å². The molecule has 1 aromatic rings. The first-order valence-electron chi connectivity index (χ1n) is 5.30. The topological polar surface area (TPSA) is 89.3 Å². The van der Waals surface area contributed by atoms with E-state index in [0.717, 1.165) is 0 Å². The number of carbonyl (C=O) groups excluding carboxylic acids is 3. The van der Waals surface area contributed by atoms with E-state index in [1.807, 2.05) is 0 Å². The van der Waals surface area contributed by atoms with E-state index in [0.29, 0.717) is 0 Å². The highest BCUT2D eigenvalue weighted by molar-refractivity contribution is 6.27. The molecule has 0 atom stereocenters. The Balaban J connectivity index is 2.45. The molecule has 8 heteroatoms. The van der Waals surface area contributed by atoms with Crippen LogP contribution >= 0.6 is 0 Å². The van der Waals surface area contributed by atoms with Gasteiger partial charge in [-0.25, -0.2) is 0 Å². The minimum atomic E-state index is -5.19. The summed E-state index contributed by atoms with van der Waals surface area (Å²) < 4.78 is 36.5. The van der Waals surface area contributed by atoms with Gasteiger partial charge in [0.1, 0.15) is 11.4 Å². The lowest BCUT2D eigenvalue weighted by atomic mass is 9.90.